The van der Waals surface area contributed by atoms with Crippen molar-refractivity contribution in [1.29, 1.82) is 0 Å². The van der Waals surface area contributed by atoms with Gasteiger partial charge in [-0.25, -0.2) is 0 Å². The predicted octanol–water partition coefficient (Wildman–Crippen LogP) is 4.27. The topological polar surface area (TPSA) is 0 Å². The Labute approximate surface area is 125 Å². The molecule has 2 aromatic rings. The second-order valence-corrected chi connectivity index (χ2v) is 2.80. The van der Waals surface area contributed by atoms with Crippen molar-refractivity contribution >= 4 is 44.7 Å². The molecule has 0 nitrogen and oxygen atoms in total. The molecule has 0 spiro atoms. The van der Waals surface area contributed by atoms with E-state index in [1.807, 2.05) is 0 Å². The Hall–Kier alpha value is 0.673. The molecule has 2 rings (SSSR count). The maximum atomic E-state index is 2.21. The summed E-state index contributed by atoms with van der Waals surface area (Å²) in [6.07, 6.45) is 1.13. The van der Waals surface area contributed by atoms with E-state index in [0.29, 0.717) is 0 Å². The maximum absolute atomic E-state index is 2.21. The number of aryl methyl sites for hydroxylation is 1. The number of benzene rings is 1. The van der Waals surface area contributed by atoms with Crippen molar-refractivity contribution in [3.05, 3.63) is 42.0 Å². The molecule has 0 bridgehead atoms. The second-order valence-electron chi connectivity index (χ2n) is 2.80. The van der Waals surface area contributed by atoms with E-state index in [1.165, 1.54) is 16.3 Å². The van der Waals surface area contributed by atoms with Crippen molar-refractivity contribution in [3.63, 3.8) is 0 Å². The third kappa shape index (κ3) is 3.36. The van der Waals surface area contributed by atoms with Crippen molar-refractivity contribution < 1.29 is 26.2 Å². The second kappa shape index (κ2) is 7.90. The molecule has 76 valence electrons. The van der Waals surface area contributed by atoms with Crippen LogP contribution < -0.4 is 0 Å². The number of rotatable bonds is 1. The molecule has 0 aliphatic carbocycles. The third-order valence-electron chi connectivity index (χ3n) is 2.15. The molecule has 3 heteroatoms. The fourth-order valence-electron chi connectivity index (χ4n) is 1.52. The van der Waals surface area contributed by atoms with Crippen LogP contribution in [0.15, 0.2) is 36.4 Å². The minimum absolute atomic E-state index is 0. The van der Waals surface area contributed by atoms with Crippen molar-refractivity contribution in [2.24, 2.45) is 0 Å². The molecule has 0 saturated carbocycles. The Morgan fingerprint density at radius 2 is 1.71 bits per heavy atom. The van der Waals surface area contributed by atoms with E-state index in [2.05, 4.69) is 43.3 Å². The van der Waals surface area contributed by atoms with Gasteiger partial charge in [-0.05, 0) is 0 Å². The summed E-state index contributed by atoms with van der Waals surface area (Å²) in [6.45, 7) is 2.20. The summed E-state index contributed by atoms with van der Waals surface area (Å²) in [5.74, 6) is 0. The van der Waals surface area contributed by atoms with Crippen LogP contribution in [0.2, 0.25) is 0 Å². The summed E-state index contributed by atoms with van der Waals surface area (Å²) in [6, 6.07) is 12.9. The Kier molecular flexibility index (Phi) is 9.64. The summed E-state index contributed by atoms with van der Waals surface area (Å²) in [4.78, 5) is 0. The van der Waals surface area contributed by atoms with Gasteiger partial charge in [-0.3, -0.25) is 0 Å². The van der Waals surface area contributed by atoms with Crippen molar-refractivity contribution in [1.82, 2.24) is 0 Å². The zero-order chi connectivity index (χ0) is 7.68. The summed E-state index contributed by atoms with van der Waals surface area (Å²) in [5, 5.41) is 2.78. The molecular formula is C11H13Br2Zr-. The number of fused-ring (bicyclic) bond motifs is 1. The number of hydrogen-bond acceptors (Lipinski definition) is 0. The van der Waals surface area contributed by atoms with Crippen LogP contribution in [0.3, 0.4) is 0 Å². The van der Waals surface area contributed by atoms with Gasteiger partial charge in [-0.2, -0.15) is 6.07 Å². The first kappa shape index (κ1) is 17.1. The molecule has 0 aromatic heterocycles. The van der Waals surface area contributed by atoms with Gasteiger partial charge in [0.05, 0.1) is 0 Å². The minimum Gasteiger partial charge on any atom is -0.168 e. The van der Waals surface area contributed by atoms with Gasteiger partial charge in [0.25, 0.3) is 0 Å². The van der Waals surface area contributed by atoms with Crippen LogP contribution in [-0.2, 0) is 32.6 Å². The van der Waals surface area contributed by atoms with Crippen LogP contribution in [0.4, 0.5) is 0 Å². The van der Waals surface area contributed by atoms with Gasteiger partial charge in [0.2, 0.25) is 0 Å². The summed E-state index contributed by atoms with van der Waals surface area (Å²) in [5.41, 5.74) is 1.46. The quantitative estimate of drug-likeness (QED) is 0.632. The minimum atomic E-state index is 0. The van der Waals surface area contributed by atoms with E-state index in [1.54, 1.807) is 0 Å². The Balaban J connectivity index is 0. The molecular weight excluding hydrogens is 383 g/mol. The fourth-order valence-corrected chi connectivity index (χ4v) is 1.52. The van der Waals surface area contributed by atoms with E-state index < -0.39 is 0 Å². The van der Waals surface area contributed by atoms with Crippen LogP contribution >= 0.6 is 34.0 Å². The van der Waals surface area contributed by atoms with Gasteiger partial charge in [0.1, 0.15) is 0 Å². The average Bonchev–Trinajstić information content (AvgIpc) is 2.47. The van der Waals surface area contributed by atoms with Gasteiger partial charge in [-0.15, -0.1) is 74.6 Å². The summed E-state index contributed by atoms with van der Waals surface area (Å²) in [7, 11) is 0. The van der Waals surface area contributed by atoms with Crippen LogP contribution in [-0.4, -0.2) is 0 Å². The first-order valence-corrected chi connectivity index (χ1v) is 4.05. The van der Waals surface area contributed by atoms with Crippen molar-refractivity contribution in [2.75, 3.05) is 0 Å². The van der Waals surface area contributed by atoms with Crippen LogP contribution in [0.1, 0.15) is 12.5 Å². The fraction of sp³-hybridized carbons (Fsp3) is 0.182. The largest absolute Gasteiger partial charge is 0.168 e. The molecule has 0 radical (unpaired) electrons. The molecule has 0 saturated heterocycles. The monoisotopic (exact) mass is 393 g/mol. The first-order chi connectivity index (χ1) is 5.42. The standard InChI is InChI=1S/C11H11.2BrH.Zr/c1-2-9-7-8-10-5-3-4-6-11(9)10;;;/h3-8H,2H2,1H3;2*1H;/q-1;;;. The van der Waals surface area contributed by atoms with Crippen LogP contribution in [0.5, 0.6) is 0 Å². The normalized spacial score (nSPS) is 8.36. The molecule has 2 aromatic carbocycles. The molecule has 0 unspecified atom stereocenters. The summed E-state index contributed by atoms with van der Waals surface area (Å²) >= 11 is 0. The van der Waals surface area contributed by atoms with Crippen molar-refractivity contribution in [2.45, 2.75) is 13.3 Å². The summed E-state index contributed by atoms with van der Waals surface area (Å²) < 4.78 is 0. The molecule has 0 heterocycles. The SMILES string of the molecule is Br.Br.CC[c-]1ccc2ccccc21.[Zr]. The molecule has 0 aliphatic rings. The van der Waals surface area contributed by atoms with Gasteiger partial charge in [0, 0.05) is 26.2 Å². The molecule has 0 N–H and O–H groups in total. The Morgan fingerprint density at radius 3 is 2.36 bits per heavy atom. The maximum Gasteiger partial charge on any atom is 0 e. The van der Waals surface area contributed by atoms with E-state index >= 15 is 0 Å². The predicted molar refractivity (Wildman–Crippen MR) is 69.6 cm³/mol. The molecule has 0 fully saturated rings. The number of halogens is 2. The smallest absolute Gasteiger partial charge is 0 e. The van der Waals surface area contributed by atoms with E-state index in [4.69, 9.17) is 0 Å². The van der Waals surface area contributed by atoms with E-state index in [9.17, 15) is 0 Å². The van der Waals surface area contributed by atoms with Gasteiger partial charge in [-0.1, -0.05) is 19.4 Å². The molecule has 0 aliphatic heterocycles. The molecule has 0 atom stereocenters. The Bertz CT molecular complexity index is 368. The average molecular weight is 396 g/mol. The van der Waals surface area contributed by atoms with Crippen molar-refractivity contribution in [3.8, 4) is 0 Å². The molecule has 0 amide bonds. The van der Waals surface area contributed by atoms with Crippen LogP contribution in [0, 0.1) is 0 Å². The van der Waals surface area contributed by atoms with Gasteiger partial charge in [0.15, 0.2) is 0 Å². The molecule has 14 heavy (non-hydrogen) atoms. The van der Waals surface area contributed by atoms with E-state index in [-0.39, 0.29) is 60.2 Å². The first-order valence-electron chi connectivity index (χ1n) is 4.05. The van der Waals surface area contributed by atoms with Crippen LogP contribution in [0.25, 0.3) is 10.8 Å². The number of hydrogen-bond donors (Lipinski definition) is 0. The van der Waals surface area contributed by atoms with Gasteiger partial charge >= 0.3 is 0 Å². The Morgan fingerprint density at radius 1 is 1.07 bits per heavy atom. The van der Waals surface area contributed by atoms with Gasteiger partial charge < -0.3 is 0 Å². The van der Waals surface area contributed by atoms with E-state index in [0.717, 1.165) is 6.42 Å². The zero-order valence-electron chi connectivity index (χ0n) is 7.99. The third-order valence-corrected chi connectivity index (χ3v) is 2.15. The zero-order valence-corrected chi connectivity index (χ0v) is 13.9.